The van der Waals surface area contributed by atoms with Crippen molar-refractivity contribution in [3.8, 4) is 5.75 Å². The fourth-order valence-electron chi connectivity index (χ4n) is 1.51. The molecule has 4 heteroatoms. The van der Waals surface area contributed by atoms with E-state index in [1.807, 2.05) is 30.3 Å². The Morgan fingerprint density at radius 2 is 1.93 bits per heavy atom. The number of nitrogens with two attached hydrogens (primary N) is 1. The summed E-state index contributed by atoms with van der Waals surface area (Å²) in [4.78, 5) is 0. The van der Waals surface area contributed by atoms with Crippen molar-refractivity contribution in [1.29, 1.82) is 0 Å². The third kappa shape index (κ3) is 1.85. The highest BCUT2D eigenvalue weighted by Crippen LogP contribution is 2.31. The van der Waals surface area contributed by atoms with Crippen LogP contribution in [0.2, 0.25) is 0 Å². The zero-order valence-corrected chi connectivity index (χ0v) is 8.71. The first-order valence-corrected chi connectivity index (χ1v) is 4.86. The third-order valence-electron chi connectivity index (χ3n) is 2.16. The molecule has 0 saturated carbocycles. The molecule has 2 aromatic carbocycles. The fraction of sp³-hybridized carbons (Fsp3) is 0. The van der Waals surface area contributed by atoms with E-state index in [1.165, 1.54) is 0 Å². The minimum Gasteiger partial charge on any atom is -0.506 e. The molecule has 0 saturated heterocycles. The van der Waals surface area contributed by atoms with Gasteiger partial charge < -0.3 is 16.2 Å². The number of phenolic OH excluding ortho intramolecular Hbond substituents is 1. The molecule has 0 radical (unpaired) electrons. The molecule has 2 aromatic rings. The van der Waals surface area contributed by atoms with Crippen LogP contribution >= 0.6 is 12.2 Å². The molecule has 0 aliphatic carbocycles. The summed E-state index contributed by atoms with van der Waals surface area (Å²) in [5.74, 6) is 0.140. The normalized spacial score (nSPS) is 10.1. The van der Waals surface area contributed by atoms with Crippen molar-refractivity contribution in [3.05, 3.63) is 36.4 Å². The van der Waals surface area contributed by atoms with Gasteiger partial charge in [-0.3, -0.25) is 0 Å². The van der Waals surface area contributed by atoms with Crippen LogP contribution in [0.5, 0.6) is 5.75 Å². The molecule has 15 heavy (non-hydrogen) atoms. The number of hydrogen-bond donors (Lipinski definition) is 3. The molecular weight excluding hydrogens is 208 g/mol. The van der Waals surface area contributed by atoms with Crippen LogP contribution in [0.3, 0.4) is 0 Å². The van der Waals surface area contributed by atoms with Crippen molar-refractivity contribution in [2.75, 3.05) is 5.32 Å². The first-order chi connectivity index (χ1) is 7.18. The quantitative estimate of drug-likeness (QED) is 0.507. The summed E-state index contributed by atoms with van der Waals surface area (Å²) in [5.41, 5.74) is 5.95. The molecule has 3 nitrogen and oxygen atoms in total. The van der Waals surface area contributed by atoms with E-state index in [0.717, 1.165) is 10.8 Å². The molecular formula is C11H10N2OS. The van der Waals surface area contributed by atoms with Crippen LogP contribution in [-0.4, -0.2) is 10.2 Å². The van der Waals surface area contributed by atoms with Crippen LogP contribution < -0.4 is 11.1 Å². The van der Waals surface area contributed by atoms with Gasteiger partial charge in [-0.2, -0.15) is 0 Å². The Balaban J connectivity index is 2.68. The third-order valence-corrected chi connectivity index (χ3v) is 2.26. The van der Waals surface area contributed by atoms with Crippen LogP contribution in [0, 0.1) is 0 Å². The lowest BCUT2D eigenvalue weighted by atomic mass is 10.1. The lowest BCUT2D eigenvalue weighted by Crippen LogP contribution is -2.19. The number of fused-ring (bicyclic) bond motifs is 1. The van der Waals surface area contributed by atoms with Crippen LogP contribution in [0.4, 0.5) is 5.69 Å². The summed E-state index contributed by atoms with van der Waals surface area (Å²) in [6.07, 6.45) is 0. The van der Waals surface area contributed by atoms with Gasteiger partial charge in [-0.05, 0) is 23.7 Å². The molecule has 0 amide bonds. The van der Waals surface area contributed by atoms with Crippen LogP contribution in [-0.2, 0) is 0 Å². The van der Waals surface area contributed by atoms with Crippen molar-refractivity contribution in [2.45, 2.75) is 0 Å². The van der Waals surface area contributed by atoms with Crippen LogP contribution in [0.1, 0.15) is 0 Å². The average Bonchev–Trinajstić information content (AvgIpc) is 2.22. The van der Waals surface area contributed by atoms with E-state index in [9.17, 15) is 5.11 Å². The Morgan fingerprint density at radius 3 is 2.67 bits per heavy atom. The van der Waals surface area contributed by atoms with Crippen molar-refractivity contribution in [3.63, 3.8) is 0 Å². The molecule has 0 spiro atoms. The van der Waals surface area contributed by atoms with Crippen molar-refractivity contribution in [2.24, 2.45) is 5.73 Å². The minimum absolute atomic E-state index is 0.140. The Labute approximate surface area is 92.5 Å². The SMILES string of the molecule is NC(=S)Nc1c(O)ccc2ccccc12. The Hall–Kier alpha value is -1.81. The van der Waals surface area contributed by atoms with E-state index >= 15 is 0 Å². The minimum atomic E-state index is 0.140. The number of rotatable bonds is 1. The Kier molecular flexibility index (Phi) is 2.43. The first kappa shape index (κ1) is 9.73. The van der Waals surface area contributed by atoms with Gasteiger partial charge in [-0.1, -0.05) is 30.3 Å². The summed E-state index contributed by atoms with van der Waals surface area (Å²) in [7, 11) is 0. The molecule has 0 aliphatic rings. The molecule has 0 unspecified atom stereocenters. The molecule has 4 N–H and O–H groups in total. The van der Waals surface area contributed by atoms with Gasteiger partial charge in [-0.25, -0.2) is 0 Å². The van der Waals surface area contributed by atoms with Crippen LogP contribution in [0.15, 0.2) is 36.4 Å². The van der Waals surface area contributed by atoms with Gasteiger partial charge in [0.05, 0.1) is 5.69 Å². The van der Waals surface area contributed by atoms with E-state index in [4.69, 9.17) is 18.0 Å². The topological polar surface area (TPSA) is 58.3 Å². The van der Waals surface area contributed by atoms with E-state index < -0.39 is 0 Å². The van der Waals surface area contributed by atoms with E-state index in [-0.39, 0.29) is 10.9 Å². The molecule has 2 rings (SSSR count). The number of nitrogens with one attached hydrogen (secondary N) is 1. The first-order valence-electron chi connectivity index (χ1n) is 4.45. The van der Waals surface area contributed by atoms with E-state index in [0.29, 0.717) is 5.69 Å². The van der Waals surface area contributed by atoms with Gasteiger partial charge in [0.2, 0.25) is 0 Å². The zero-order valence-electron chi connectivity index (χ0n) is 7.90. The van der Waals surface area contributed by atoms with Crippen molar-refractivity contribution in [1.82, 2.24) is 0 Å². The summed E-state index contributed by atoms with van der Waals surface area (Å²) < 4.78 is 0. The van der Waals surface area contributed by atoms with Gasteiger partial charge >= 0.3 is 0 Å². The molecule has 0 bridgehead atoms. The van der Waals surface area contributed by atoms with Gasteiger partial charge in [0.15, 0.2) is 5.11 Å². The fourth-order valence-corrected chi connectivity index (χ4v) is 1.62. The maximum absolute atomic E-state index is 9.68. The van der Waals surface area contributed by atoms with Crippen molar-refractivity contribution < 1.29 is 5.11 Å². The second-order valence-corrected chi connectivity index (χ2v) is 3.61. The highest BCUT2D eigenvalue weighted by atomic mass is 32.1. The monoisotopic (exact) mass is 218 g/mol. The maximum atomic E-state index is 9.68. The summed E-state index contributed by atoms with van der Waals surface area (Å²) >= 11 is 4.76. The lowest BCUT2D eigenvalue weighted by molar-refractivity contribution is 0.478. The molecule has 0 atom stereocenters. The molecule has 76 valence electrons. The highest BCUT2D eigenvalue weighted by Gasteiger charge is 2.06. The molecule has 0 fully saturated rings. The number of benzene rings is 2. The molecule has 0 aliphatic heterocycles. The van der Waals surface area contributed by atoms with Crippen LogP contribution in [0.25, 0.3) is 10.8 Å². The highest BCUT2D eigenvalue weighted by molar-refractivity contribution is 7.80. The molecule has 0 heterocycles. The number of hydrogen-bond acceptors (Lipinski definition) is 2. The number of aromatic hydroxyl groups is 1. The van der Waals surface area contributed by atoms with Gasteiger partial charge in [-0.15, -0.1) is 0 Å². The van der Waals surface area contributed by atoms with Gasteiger partial charge in [0.25, 0.3) is 0 Å². The Morgan fingerprint density at radius 1 is 1.20 bits per heavy atom. The molecule has 0 aromatic heterocycles. The summed E-state index contributed by atoms with van der Waals surface area (Å²) in [6, 6.07) is 11.1. The largest absolute Gasteiger partial charge is 0.506 e. The van der Waals surface area contributed by atoms with E-state index in [2.05, 4.69) is 5.32 Å². The van der Waals surface area contributed by atoms with Gasteiger partial charge in [0.1, 0.15) is 5.75 Å². The smallest absolute Gasteiger partial charge is 0.168 e. The lowest BCUT2D eigenvalue weighted by Gasteiger charge is -2.09. The summed E-state index contributed by atoms with van der Waals surface area (Å²) in [5, 5.41) is 14.5. The summed E-state index contributed by atoms with van der Waals surface area (Å²) in [6.45, 7) is 0. The number of anilines is 1. The van der Waals surface area contributed by atoms with E-state index in [1.54, 1.807) is 6.07 Å². The van der Waals surface area contributed by atoms with Gasteiger partial charge in [0, 0.05) is 5.39 Å². The predicted molar refractivity (Wildman–Crippen MR) is 66.0 cm³/mol. The predicted octanol–water partition coefficient (Wildman–Crippen LogP) is 2.20. The number of phenols is 1. The average molecular weight is 218 g/mol. The zero-order chi connectivity index (χ0) is 10.8. The second-order valence-electron chi connectivity index (χ2n) is 3.17. The maximum Gasteiger partial charge on any atom is 0.168 e. The number of thiocarbonyl (C=S) groups is 1. The Bertz CT molecular complexity index is 525. The standard InChI is InChI=1S/C11H10N2OS/c12-11(15)13-10-8-4-2-1-3-7(8)5-6-9(10)14/h1-6,14H,(H3,12,13,15). The van der Waals surface area contributed by atoms with Crippen molar-refractivity contribution >= 4 is 33.8 Å². The second kappa shape index (κ2) is 3.74.